The third-order valence-corrected chi connectivity index (χ3v) is 3.62. The van der Waals surface area contributed by atoms with Crippen LogP contribution >= 0.6 is 11.8 Å². The maximum absolute atomic E-state index is 10.5. The summed E-state index contributed by atoms with van der Waals surface area (Å²) >= 11 is 1.25. The van der Waals surface area contributed by atoms with Gasteiger partial charge in [-0.1, -0.05) is 11.8 Å². The van der Waals surface area contributed by atoms with E-state index in [1.807, 2.05) is 17.7 Å². The number of hydrogen-bond acceptors (Lipinski definition) is 4. The summed E-state index contributed by atoms with van der Waals surface area (Å²) in [6.07, 6.45) is 4.71. The number of rotatable bonds is 4. The molecule has 6 heteroatoms. The summed E-state index contributed by atoms with van der Waals surface area (Å²) in [6, 6.07) is 0.277. The first-order valence-electron chi connectivity index (χ1n) is 5.17. The van der Waals surface area contributed by atoms with Crippen molar-refractivity contribution in [3.05, 3.63) is 12.4 Å². The Kier molecular flexibility index (Phi) is 3.50. The highest BCUT2D eigenvalue weighted by Crippen LogP contribution is 2.29. The van der Waals surface area contributed by atoms with Gasteiger partial charge in [-0.3, -0.25) is 4.79 Å². The van der Waals surface area contributed by atoms with E-state index < -0.39 is 5.97 Å². The molecule has 2 unspecified atom stereocenters. The second-order valence-corrected chi connectivity index (χ2v) is 4.67. The number of carboxylic acids is 1. The summed E-state index contributed by atoms with van der Waals surface area (Å²) in [7, 11) is 0. The second kappa shape index (κ2) is 4.88. The minimum Gasteiger partial charge on any atom is -0.481 e. The van der Waals surface area contributed by atoms with Crippen LogP contribution in [0.25, 0.3) is 0 Å². The van der Waals surface area contributed by atoms with Crippen molar-refractivity contribution in [2.24, 2.45) is 0 Å². The summed E-state index contributed by atoms with van der Waals surface area (Å²) in [4.78, 5) is 14.7. The van der Waals surface area contributed by atoms with Crippen molar-refractivity contribution in [2.75, 3.05) is 12.4 Å². The Morgan fingerprint density at radius 3 is 3.25 bits per heavy atom. The maximum atomic E-state index is 10.5. The van der Waals surface area contributed by atoms with E-state index in [4.69, 9.17) is 9.84 Å². The van der Waals surface area contributed by atoms with Crippen LogP contribution in [0.3, 0.4) is 0 Å². The number of aliphatic carboxylic acids is 1. The van der Waals surface area contributed by atoms with Gasteiger partial charge in [0.15, 0.2) is 5.16 Å². The molecule has 0 radical (unpaired) electrons. The lowest BCUT2D eigenvalue weighted by Crippen LogP contribution is -2.17. The molecule has 0 aliphatic carbocycles. The van der Waals surface area contributed by atoms with Gasteiger partial charge in [-0.15, -0.1) is 0 Å². The molecule has 1 aromatic rings. The SMILES string of the molecule is CC1OCCC1n1ccnc1SCC(=O)O. The molecule has 0 spiro atoms. The smallest absolute Gasteiger partial charge is 0.313 e. The lowest BCUT2D eigenvalue weighted by Gasteiger charge is -2.17. The lowest BCUT2D eigenvalue weighted by molar-refractivity contribution is -0.133. The van der Waals surface area contributed by atoms with Crippen molar-refractivity contribution in [3.8, 4) is 0 Å². The van der Waals surface area contributed by atoms with Crippen molar-refractivity contribution in [2.45, 2.75) is 30.6 Å². The largest absolute Gasteiger partial charge is 0.481 e. The number of imidazole rings is 1. The minimum absolute atomic E-state index is 0.0406. The third-order valence-electron chi connectivity index (χ3n) is 2.65. The fraction of sp³-hybridized carbons (Fsp3) is 0.600. The molecule has 0 amide bonds. The van der Waals surface area contributed by atoms with E-state index in [0.29, 0.717) is 0 Å². The average molecular weight is 242 g/mol. The van der Waals surface area contributed by atoms with Crippen molar-refractivity contribution < 1.29 is 14.6 Å². The van der Waals surface area contributed by atoms with Gasteiger partial charge in [0, 0.05) is 19.0 Å². The predicted molar refractivity (Wildman–Crippen MR) is 59.7 cm³/mol. The number of nitrogens with zero attached hydrogens (tertiary/aromatic N) is 2. The van der Waals surface area contributed by atoms with Gasteiger partial charge in [0.25, 0.3) is 0 Å². The van der Waals surface area contributed by atoms with Crippen molar-refractivity contribution in [1.29, 1.82) is 0 Å². The molecule has 0 aromatic carbocycles. The third kappa shape index (κ3) is 2.38. The van der Waals surface area contributed by atoms with E-state index in [2.05, 4.69) is 4.98 Å². The second-order valence-electron chi connectivity index (χ2n) is 3.73. The number of carboxylic acid groups (broad SMARTS) is 1. The van der Waals surface area contributed by atoms with E-state index in [1.54, 1.807) is 6.20 Å². The number of carbonyl (C=O) groups is 1. The van der Waals surface area contributed by atoms with Crippen LogP contribution in [0.1, 0.15) is 19.4 Å². The molecule has 0 saturated carbocycles. The standard InChI is InChI=1S/C10H14N2O3S/c1-7-8(2-5-15-7)12-4-3-11-10(12)16-6-9(13)14/h3-4,7-8H,2,5-6H2,1H3,(H,13,14). The Morgan fingerprint density at radius 2 is 2.62 bits per heavy atom. The molecule has 2 rings (SSSR count). The average Bonchev–Trinajstić information content (AvgIpc) is 2.82. The van der Waals surface area contributed by atoms with Gasteiger partial charge in [-0.2, -0.15) is 0 Å². The zero-order valence-corrected chi connectivity index (χ0v) is 9.81. The zero-order valence-electron chi connectivity index (χ0n) is 9.00. The van der Waals surface area contributed by atoms with Gasteiger partial charge in [0.05, 0.1) is 17.9 Å². The molecular weight excluding hydrogens is 228 g/mol. The van der Waals surface area contributed by atoms with Crippen molar-refractivity contribution in [3.63, 3.8) is 0 Å². The van der Waals surface area contributed by atoms with Gasteiger partial charge < -0.3 is 14.4 Å². The Morgan fingerprint density at radius 1 is 1.81 bits per heavy atom. The zero-order chi connectivity index (χ0) is 11.5. The van der Waals surface area contributed by atoms with Crippen LogP contribution in [0, 0.1) is 0 Å². The van der Waals surface area contributed by atoms with Crippen LogP contribution in [0.4, 0.5) is 0 Å². The Bertz CT molecular complexity index is 380. The summed E-state index contributed by atoms with van der Waals surface area (Å²) in [6.45, 7) is 2.79. The first-order chi connectivity index (χ1) is 7.68. The highest BCUT2D eigenvalue weighted by atomic mass is 32.2. The molecule has 1 aliphatic rings. The first-order valence-corrected chi connectivity index (χ1v) is 6.16. The molecule has 0 bridgehead atoms. The fourth-order valence-electron chi connectivity index (χ4n) is 1.88. The fourth-order valence-corrected chi connectivity index (χ4v) is 2.61. The predicted octanol–water partition coefficient (Wildman–Crippen LogP) is 1.41. The van der Waals surface area contributed by atoms with Crippen LogP contribution in [0.2, 0.25) is 0 Å². The van der Waals surface area contributed by atoms with E-state index in [9.17, 15) is 4.79 Å². The summed E-state index contributed by atoms with van der Waals surface area (Å²) in [5.41, 5.74) is 0. The lowest BCUT2D eigenvalue weighted by atomic mass is 10.1. The summed E-state index contributed by atoms with van der Waals surface area (Å²) < 4.78 is 7.51. The van der Waals surface area contributed by atoms with E-state index in [-0.39, 0.29) is 17.9 Å². The first kappa shape index (κ1) is 11.5. The van der Waals surface area contributed by atoms with Gasteiger partial charge in [0.1, 0.15) is 0 Å². The van der Waals surface area contributed by atoms with E-state index in [1.165, 1.54) is 11.8 Å². The summed E-state index contributed by atoms with van der Waals surface area (Å²) in [5, 5.41) is 9.39. The van der Waals surface area contributed by atoms with Gasteiger partial charge in [-0.25, -0.2) is 4.98 Å². The Balaban J connectivity index is 2.09. The van der Waals surface area contributed by atoms with Crippen molar-refractivity contribution >= 4 is 17.7 Å². The van der Waals surface area contributed by atoms with Crippen LogP contribution in [-0.2, 0) is 9.53 Å². The molecule has 2 atom stereocenters. The molecule has 88 valence electrons. The highest BCUT2D eigenvalue weighted by molar-refractivity contribution is 7.99. The van der Waals surface area contributed by atoms with Crippen molar-refractivity contribution in [1.82, 2.24) is 9.55 Å². The molecule has 1 fully saturated rings. The molecule has 5 nitrogen and oxygen atoms in total. The quantitative estimate of drug-likeness (QED) is 0.809. The van der Waals surface area contributed by atoms with Gasteiger partial charge >= 0.3 is 5.97 Å². The normalized spacial score (nSPS) is 24.8. The Labute approximate surface area is 97.8 Å². The molecule has 1 N–H and O–H groups in total. The number of aromatic nitrogens is 2. The molecular formula is C10H14N2O3S. The monoisotopic (exact) mass is 242 g/mol. The number of thioether (sulfide) groups is 1. The van der Waals surface area contributed by atoms with E-state index in [0.717, 1.165) is 18.2 Å². The number of ether oxygens (including phenoxy) is 1. The van der Waals surface area contributed by atoms with Gasteiger partial charge in [0.2, 0.25) is 0 Å². The van der Waals surface area contributed by atoms with Crippen LogP contribution < -0.4 is 0 Å². The Hall–Kier alpha value is -1.01. The molecule has 1 aromatic heterocycles. The minimum atomic E-state index is -0.824. The topological polar surface area (TPSA) is 64.4 Å². The summed E-state index contributed by atoms with van der Waals surface area (Å²) in [5.74, 6) is -0.783. The van der Waals surface area contributed by atoms with Crippen LogP contribution in [-0.4, -0.2) is 39.1 Å². The molecule has 1 aliphatic heterocycles. The van der Waals surface area contributed by atoms with Gasteiger partial charge in [-0.05, 0) is 13.3 Å². The molecule has 1 saturated heterocycles. The number of hydrogen-bond donors (Lipinski definition) is 1. The maximum Gasteiger partial charge on any atom is 0.313 e. The van der Waals surface area contributed by atoms with Crippen LogP contribution in [0.5, 0.6) is 0 Å². The van der Waals surface area contributed by atoms with E-state index >= 15 is 0 Å². The molecule has 2 heterocycles. The van der Waals surface area contributed by atoms with Crippen LogP contribution in [0.15, 0.2) is 17.6 Å². The highest BCUT2D eigenvalue weighted by Gasteiger charge is 2.27. The molecule has 16 heavy (non-hydrogen) atoms.